The number of hydrogen-bond acceptors (Lipinski definition) is 1. The van der Waals surface area contributed by atoms with E-state index in [1.165, 1.54) is 16.7 Å². The van der Waals surface area contributed by atoms with Gasteiger partial charge in [-0.15, -0.1) is 0 Å². The van der Waals surface area contributed by atoms with Crippen LogP contribution in [0.1, 0.15) is 28.1 Å². The fourth-order valence-electron chi connectivity index (χ4n) is 2.26. The minimum absolute atomic E-state index is 0.958. The molecule has 2 aromatic carbocycles. The van der Waals surface area contributed by atoms with Gasteiger partial charge in [0.25, 0.3) is 0 Å². The second kappa shape index (κ2) is 7.37. The molecule has 0 aliphatic rings. The van der Waals surface area contributed by atoms with Crippen molar-refractivity contribution < 1.29 is 0 Å². The van der Waals surface area contributed by atoms with Crippen molar-refractivity contribution in [3.05, 3.63) is 101 Å². The van der Waals surface area contributed by atoms with Gasteiger partial charge in [0.1, 0.15) is 0 Å². The summed E-state index contributed by atoms with van der Waals surface area (Å²) in [6, 6.07) is 24.8. The van der Waals surface area contributed by atoms with Crippen LogP contribution < -0.4 is 0 Å². The average molecular weight is 297 g/mol. The summed E-state index contributed by atoms with van der Waals surface area (Å²) in [5.41, 5.74) is 5.55. The third-order valence-electron chi connectivity index (χ3n) is 3.56. The lowest BCUT2D eigenvalue weighted by atomic mass is 10.1. The van der Waals surface area contributed by atoms with E-state index >= 15 is 0 Å². The smallest absolute Gasteiger partial charge is 0.0637 e. The molecule has 0 fully saturated rings. The molecule has 1 heteroatoms. The Morgan fingerprint density at radius 1 is 0.565 bits per heavy atom. The van der Waals surface area contributed by atoms with E-state index in [0.29, 0.717) is 0 Å². The number of nitrogens with zero attached hydrogens (tertiary/aromatic N) is 1. The van der Waals surface area contributed by atoms with Crippen LogP contribution in [0.5, 0.6) is 0 Å². The Labute approximate surface area is 137 Å². The number of rotatable bonds is 4. The van der Waals surface area contributed by atoms with E-state index in [4.69, 9.17) is 0 Å². The number of pyridine rings is 1. The number of benzene rings is 2. The molecule has 0 radical (unpaired) electrons. The third kappa shape index (κ3) is 4.52. The molecule has 0 saturated heterocycles. The third-order valence-corrected chi connectivity index (χ3v) is 3.56. The SMILES string of the molecule is Cc1ccc(/C=C/c2cccc(/C=C/c3ccccc3)n2)cc1. The fraction of sp³-hybridized carbons (Fsp3) is 0.0455. The molecule has 1 aromatic heterocycles. The number of aryl methyl sites for hydroxylation is 1. The second-order valence-corrected chi connectivity index (χ2v) is 5.48. The summed E-state index contributed by atoms with van der Waals surface area (Å²) in [6.07, 6.45) is 8.26. The first kappa shape index (κ1) is 15.0. The second-order valence-electron chi connectivity index (χ2n) is 5.48. The zero-order chi connectivity index (χ0) is 15.9. The molecule has 112 valence electrons. The molecule has 0 amide bonds. The lowest BCUT2D eigenvalue weighted by molar-refractivity contribution is 1.27. The highest BCUT2D eigenvalue weighted by molar-refractivity contribution is 5.71. The highest BCUT2D eigenvalue weighted by Gasteiger charge is 1.93. The van der Waals surface area contributed by atoms with Gasteiger partial charge in [0, 0.05) is 0 Å². The van der Waals surface area contributed by atoms with E-state index in [-0.39, 0.29) is 0 Å². The Bertz CT molecular complexity index is 812. The molecular weight excluding hydrogens is 278 g/mol. The monoisotopic (exact) mass is 297 g/mol. The van der Waals surface area contributed by atoms with Crippen molar-refractivity contribution in [2.45, 2.75) is 6.92 Å². The van der Waals surface area contributed by atoms with Crippen LogP contribution in [0, 0.1) is 6.92 Å². The first-order chi connectivity index (χ1) is 11.3. The van der Waals surface area contributed by atoms with E-state index in [1.807, 2.05) is 48.6 Å². The Kier molecular flexibility index (Phi) is 4.80. The molecule has 0 saturated carbocycles. The molecule has 3 aromatic rings. The maximum atomic E-state index is 4.65. The summed E-state index contributed by atoms with van der Waals surface area (Å²) >= 11 is 0. The van der Waals surface area contributed by atoms with Crippen LogP contribution in [-0.4, -0.2) is 4.98 Å². The molecule has 0 spiro atoms. The summed E-state index contributed by atoms with van der Waals surface area (Å²) < 4.78 is 0. The van der Waals surface area contributed by atoms with Gasteiger partial charge in [-0.3, -0.25) is 0 Å². The lowest BCUT2D eigenvalue weighted by Gasteiger charge is -1.98. The van der Waals surface area contributed by atoms with Crippen molar-refractivity contribution in [3.63, 3.8) is 0 Å². The minimum Gasteiger partial charge on any atom is -0.249 e. The minimum atomic E-state index is 0.958. The zero-order valence-electron chi connectivity index (χ0n) is 13.2. The molecule has 23 heavy (non-hydrogen) atoms. The first-order valence-corrected chi connectivity index (χ1v) is 7.74. The quantitative estimate of drug-likeness (QED) is 0.599. The fourth-order valence-corrected chi connectivity index (χ4v) is 2.26. The molecule has 0 aliphatic heterocycles. The van der Waals surface area contributed by atoms with Crippen LogP contribution in [0.2, 0.25) is 0 Å². The van der Waals surface area contributed by atoms with Crippen molar-refractivity contribution in [1.29, 1.82) is 0 Å². The van der Waals surface area contributed by atoms with E-state index in [9.17, 15) is 0 Å². The molecule has 0 atom stereocenters. The van der Waals surface area contributed by atoms with E-state index < -0.39 is 0 Å². The zero-order valence-corrected chi connectivity index (χ0v) is 13.2. The van der Waals surface area contributed by atoms with Gasteiger partial charge < -0.3 is 0 Å². The predicted molar refractivity (Wildman–Crippen MR) is 99.7 cm³/mol. The summed E-state index contributed by atoms with van der Waals surface area (Å²) in [5.74, 6) is 0. The average Bonchev–Trinajstić information content (AvgIpc) is 2.61. The van der Waals surface area contributed by atoms with Gasteiger partial charge in [-0.1, -0.05) is 78.4 Å². The van der Waals surface area contributed by atoms with E-state index in [1.54, 1.807) is 0 Å². The Morgan fingerprint density at radius 2 is 1.13 bits per heavy atom. The van der Waals surface area contributed by atoms with Gasteiger partial charge in [-0.25, -0.2) is 4.98 Å². The molecular formula is C22H19N. The largest absolute Gasteiger partial charge is 0.249 e. The van der Waals surface area contributed by atoms with Crippen molar-refractivity contribution >= 4 is 24.3 Å². The number of aromatic nitrogens is 1. The van der Waals surface area contributed by atoms with Gasteiger partial charge in [0.05, 0.1) is 11.4 Å². The summed E-state index contributed by atoms with van der Waals surface area (Å²) in [6.45, 7) is 2.09. The molecule has 1 heterocycles. The molecule has 1 nitrogen and oxygen atoms in total. The normalized spacial score (nSPS) is 11.3. The first-order valence-electron chi connectivity index (χ1n) is 7.74. The molecule has 0 bridgehead atoms. The van der Waals surface area contributed by atoms with Crippen molar-refractivity contribution in [3.8, 4) is 0 Å². The summed E-state index contributed by atoms with van der Waals surface area (Å²) in [5, 5.41) is 0. The maximum absolute atomic E-state index is 4.65. The highest BCUT2D eigenvalue weighted by atomic mass is 14.7. The van der Waals surface area contributed by atoms with Crippen LogP contribution in [0.4, 0.5) is 0 Å². The van der Waals surface area contributed by atoms with Gasteiger partial charge in [0.15, 0.2) is 0 Å². The topological polar surface area (TPSA) is 12.9 Å². The summed E-state index contributed by atoms with van der Waals surface area (Å²) in [4.78, 5) is 4.65. The van der Waals surface area contributed by atoms with E-state index in [0.717, 1.165) is 11.4 Å². The van der Waals surface area contributed by atoms with Crippen LogP contribution in [0.25, 0.3) is 24.3 Å². The van der Waals surface area contributed by atoms with Crippen molar-refractivity contribution in [1.82, 2.24) is 4.98 Å². The van der Waals surface area contributed by atoms with Gasteiger partial charge >= 0.3 is 0 Å². The summed E-state index contributed by atoms with van der Waals surface area (Å²) in [7, 11) is 0. The number of hydrogen-bond donors (Lipinski definition) is 0. The Morgan fingerprint density at radius 3 is 1.74 bits per heavy atom. The molecule has 0 aliphatic carbocycles. The van der Waals surface area contributed by atoms with Gasteiger partial charge in [-0.05, 0) is 42.3 Å². The lowest BCUT2D eigenvalue weighted by Crippen LogP contribution is -1.84. The van der Waals surface area contributed by atoms with Crippen molar-refractivity contribution in [2.75, 3.05) is 0 Å². The maximum Gasteiger partial charge on any atom is 0.0637 e. The molecule has 0 unspecified atom stereocenters. The molecule has 3 rings (SSSR count). The van der Waals surface area contributed by atoms with Crippen LogP contribution >= 0.6 is 0 Å². The Hall–Kier alpha value is -2.93. The van der Waals surface area contributed by atoms with Gasteiger partial charge in [0.2, 0.25) is 0 Å². The predicted octanol–water partition coefficient (Wildman–Crippen LogP) is 5.73. The van der Waals surface area contributed by atoms with E-state index in [2.05, 4.69) is 60.5 Å². The Balaban J connectivity index is 1.74. The van der Waals surface area contributed by atoms with Crippen molar-refractivity contribution in [2.24, 2.45) is 0 Å². The van der Waals surface area contributed by atoms with Gasteiger partial charge in [-0.2, -0.15) is 0 Å². The van der Waals surface area contributed by atoms with Crippen LogP contribution in [0.3, 0.4) is 0 Å². The highest BCUT2D eigenvalue weighted by Crippen LogP contribution is 2.10. The molecule has 0 N–H and O–H groups in total. The standard InChI is InChI=1S/C22H19N/c1-18-10-12-20(13-11-18)15-17-22-9-5-8-21(23-22)16-14-19-6-3-2-4-7-19/h2-17H,1H3/b16-14+,17-15+. The van der Waals surface area contributed by atoms with Crippen LogP contribution in [-0.2, 0) is 0 Å². The van der Waals surface area contributed by atoms with Crippen LogP contribution in [0.15, 0.2) is 72.8 Å².